The number of anilines is 2. The molecule has 0 radical (unpaired) electrons. The van der Waals surface area contributed by atoms with Gasteiger partial charge in [-0.25, -0.2) is 4.98 Å². The van der Waals surface area contributed by atoms with Gasteiger partial charge in [-0.3, -0.25) is 0 Å². The number of nitrogens with one attached hydrogen (secondary N) is 2. The fourth-order valence-electron chi connectivity index (χ4n) is 3.46. The highest BCUT2D eigenvalue weighted by molar-refractivity contribution is 5.45. The molecule has 1 aromatic heterocycles. The summed E-state index contributed by atoms with van der Waals surface area (Å²) in [5.41, 5.74) is 3.82. The first-order valence-corrected chi connectivity index (χ1v) is 9.22. The number of aromatic nitrogens is 2. The monoisotopic (exact) mass is 322 g/mol. The molecule has 1 heterocycles. The molecule has 2 aliphatic carbocycles. The van der Waals surface area contributed by atoms with Crippen LogP contribution in [-0.2, 0) is 6.54 Å². The Morgan fingerprint density at radius 1 is 1.04 bits per heavy atom. The molecule has 1 aromatic carbocycles. The maximum Gasteiger partial charge on any atom is 0.225 e. The number of aryl methyl sites for hydroxylation is 1. The quantitative estimate of drug-likeness (QED) is 0.814. The van der Waals surface area contributed by atoms with Gasteiger partial charge in [-0.05, 0) is 43.7 Å². The van der Waals surface area contributed by atoms with E-state index >= 15 is 0 Å². The minimum atomic E-state index is 0.545. The zero-order valence-electron chi connectivity index (χ0n) is 14.4. The summed E-state index contributed by atoms with van der Waals surface area (Å²) in [6.45, 7) is 2.95. The lowest BCUT2D eigenvalue weighted by Crippen LogP contribution is -2.18. The van der Waals surface area contributed by atoms with Crippen LogP contribution in [0.4, 0.5) is 11.8 Å². The van der Waals surface area contributed by atoms with Gasteiger partial charge in [0.2, 0.25) is 5.95 Å². The Morgan fingerprint density at radius 2 is 1.83 bits per heavy atom. The summed E-state index contributed by atoms with van der Waals surface area (Å²) >= 11 is 0. The van der Waals surface area contributed by atoms with E-state index in [1.54, 1.807) is 0 Å². The highest BCUT2D eigenvalue weighted by atomic mass is 15.2. The van der Waals surface area contributed by atoms with E-state index < -0.39 is 0 Å². The molecule has 2 aliphatic rings. The minimum Gasteiger partial charge on any atom is -0.366 e. The highest BCUT2D eigenvalue weighted by Gasteiger charge is 2.26. The van der Waals surface area contributed by atoms with Crippen molar-refractivity contribution in [3.05, 3.63) is 47.2 Å². The first-order valence-electron chi connectivity index (χ1n) is 9.22. The molecule has 0 aliphatic heterocycles. The molecule has 0 bridgehead atoms. The lowest BCUT2D eigenvalue weighted by Gasteiger charge is -2.15. The van der Waals surface area contributed by atoms with Gasteiger partial charge in [-0.2, -0.15) is 4.98 Å². The van der Waals surface area contributed by atoms with Crippen molar-refractivity contribution < 1.29 is 0 Å². The summed E-state index contributed by atoms with van der Waals surface area (Å²) in [6, 6.07) is 11.2. The van der Waals surface area contributed by atoms with E-state index in [1.165, 1.54) is 55.3 Å². The molecule has 0 saturated heterocycles. The van der Waals surface area contributed by atoms with Crippen molar-refractivity contribution in [2.45, 2.75) is 64.0 Å². The van der Waals surface area contributed by atoms with Gasteiger partial charge in [0.1, 0.15) is 5.82 Å². The van der Waals surface area contributed by atoms with Crippen molar-refractivity contribution in [3.8, 4) is 0 Å². The van der Waals surface area contributed by atoms with Gasteiger partial charge in [0.25, 0.3) is 0 Å². The van der Waals surface area contributed by atoms with Crippen LogP contribution in [0.2, 0.25) is 0 Å². The summed E-state index contributed by atoms with van der Waals surface area (Å²) < 4.78 is 0. The van der Waals surface area contributed by atoms with Gasteiger partial charge in [-0.15, -0.1) is 0 Å². The molecule has 2 N–H and O–H groups in total. The molecular weight excluding hydrogens is 296 g/mol. The zero-order chi connectivity index (χ0) is 16.4. The number of hydrogen-bond acceptors (Lipinski definition) is 4. The van der Waals surface area contributed by atoms with Gasteiger partial charge in [-0.1, -0.05) is 37.1 Å². The van der Waals surface area contributed by atoms with Gasteiger partial charge < -0.3 is 10.6 Å². The van der Waals surface area contributed by atoms with E-state index in [9.17, 15) is 0 Å². The van der Waals surface area contributed by atoms with E-state index in [4.69, 9.17) is 9.97 Å². The molecule has 0 atom stereocenters. The van der Waals surface area contributed by atoms with Gasteiger partial charge in [0.05, 0.1) is 5.69 Å². The second-order valence-corrected chi connectivity index (χ2v) is 7.18. The highest BCUT2D eigenvalue weighted by Crippen LogP contribution is 2.40. The zero-order valence-corrected chi connectivity index (χ0v) is 14.4. The topological polar surface area (TPSA) is 49.8 Å². The van der Waals surface area contributed by atoms with E-state index in [0.717, 1.165) is 18.3 Å². The molecular formula is C20H26N4. The Labute approximate surface area is 144 Å². The largest absolute Gasteiger partial charge is 0.366 e. The van der Waals surface area contributed by atoms with Crippen LogP contribution >= 0.6 is 0 Å². The summed E-state index contributed by atoms with van der Waals surface area (Å²) in [5, 5.41) is 7.05. The second kappa shape index (κ2) is 6.80. The van der Waals surface area contributed by atoms with Crippen molar-refractivity contribution in [1.29, 1.82) is 0 Å². The van der Waals surface area contributed by atoms with Crippen LogP contribution in [0.15, 0.2) is 30.3 Å². The van der Waals surface area contributed by atoms with Gasteiger partial charge in [0.15, 0.2) is 0 Å². The van der Waals surface area contributed by atoms with Crippen molar-refractivity contribution in [1.82, 2.24) is 9.97 Å². The number of nitrogens with zero attached hydrogens (tertiary/aromatic N) is 2. The molecule has 24 heavy (non-hydrogen) atoms. The van der Waals surface area contributed by atoms with E-state index in [0.29, 0.717) is 12.0 Å². The fourth-order valence-corrected chi connectivity index (χ4v) is 3.46. The first kappa shape index (κ1) is 15.4. The van der Waals surface area contributed by atoms with E-state index in [1.807, 2.05) is 0 Å². The third-order valence-electron chi connectivity index (χ3n) is 5.15. The second-order valence-electron chi connectivity index (χ2n) is 7.18. The molecule has 4 nitrogen and oxygen atoms in total. The van der Waals surface area contributed by atoms with Gasteiger partial charge >= 0.3 is 0 Å². The molecule has 0 amide bonds. The minimum absolute atomic E-state index is 0.545. The third kappa shape index (κ3) is 3.69. The number of rotatable bonds is 6. The fraction of sp³-hybridized carbons (Fsp3) is 0.500. The third-order valence-corrected chi connectivity index (χ3v) is 5.15. The van der Waals surface area contributed by atoms with Gasteiger partial charge in [0, 0.05) is 24.6 Å². The van der Waals surface area contributed by atoms with Crippen LogP contribution in [0.5, 0.6) is 0 Å². The molecule has 2 aromatic rings. The van der Waals surface area contributed by atoms with E-state index in [-0.39, 0.29) is 0 Å². The Bertz CT molecular complexity index is 703. The molecule has 0 unspecified atom stereocenters. The Kier molecular flexibility index (Phi) is 4.37. The van der Waals surface area contributed by atoms with Crippen LogP contribution in [0, 0.1) is 6.92 Å². The summed E-state index contributed by atoms with van der Waals surface area (Å²) in [5.74, 6) is 2.38. The number of hydrogen-bond donors (Lipinski definition) is 2. The summed E-state index contributed by atoms with van der Waals surface area (Å²) in [6.07, 6.45) is 7.64. The molecule has 4 heteroatoms. The SMILES string of the molecule is Cc1ccccc1CNc1cc(C2CC2)nc(NC2CCCC2)n1. The Balaban J connectivity index is 1.50. The average molecular weight is 322 g/mol. The van der Waals surface area contributed by atoms with E-state index in [2.05, 4.69) is 47.9 Å². The first-order chi connectivity index (χ1) is 11.8. The average Bonchev–Trinajstić information content (AvgIpc) is 3.32. The van der Waals surface area contributed by atoms with Crippen LogP contribution in [0.25, 0.3) is 0 Å². The number of benzene rings is 1. The predicted molar refractivity (Wildman–Crippen MR) is 98.4 cm³/mol. The summed E-state index contributed by atoms with van der Waals surface area (Å²) in [4.78, 5) is 9.49. The molecule has 2 fully saturated rings. The molecule has 4 rings (SSSR count). The normalized spacial score (nSPS) is 17.9. The van der Waals surface area contributed by atoms with Crippen molar-refractivity contribution in [3.63, 3.8) is 0 Å². The smallest absolute Gasteiger partial charge is 0.225 e. The van der Waals surface area contributed by atoms with Crippen molar-refractivity contribution >= 4 is 11.8 Å². The van der Waals surface area contributed by atoms with Crippen LogP contribution < -0.4 is 10.6 Å². The maximum absolute atomic E-state index is 4.77. The maximum atomic E-state index is 4.77. The Morgan fingerprint density at radius 3 is 2.58 bits per heavy atom. The van der Waals surface area contributed by atoms with Crippen molar-refractivity contribution in [2.75, 3.05) is 10.6 Å². The van der Waals surface area contributed by atoms with Crippen LogP contribution in [-0.4, -0.2) is 16.0 Å². The predicted octanol–water partition coefficient (Wildman–Crippen LogP) is 4.63. The molecule has 126 valence electrons. The summed E-state index contributed by atoms with van der Waals surface area (Å²) in [7, 11) is 0. The lowest BCUT2D eigenvalue weighted by molar-refractivity contribution is 0.741. The molecule has 2 saturated carbocycles. The van der Waals surface area contributed by atoms with Crippen molar-refractivity contribution in [2.24, 2.45) is 0 Å². The van der Waals surface area contributed by atoms with Crippen LogP contribution in [0.1, 0.15) is 61.3 Å². The molecule has 0 spiro atoms. The van der Waals surface area contributed by atoms with Crippen LogP contribution in [0.3, 0.4) is 0 Å². The Hall–Kier alpha value is -2.10. The standard InChI is InChI=1S/C20H26N4/c1-14-6-2-3-7-16(14)13-21-19-12-18(15-10-11-15)23-20(24-19)22-17-8-4-5-9-17/h2-3,6-7,12,15,17H,4-5,8-11,13H2,1H3,(H2,21,22,23,24). The lowest BCUT2D eigenvalue weighted by atomic mass is 10.1.